The lowest BCUT2D eigenvalue weighted by Gasteiger charge is -2.10. The molecule has 1 heterocycles. The van der Waals surface area contributed by atoms with Crippen LogP contribution in [-0.2, 0) is 17.6 Å². The van der Waals surface area contributed by atoms with Crippen LogP contribution < -0.4 is 5.32 Å². The minimum absolute atomic E-state index is 0.0429. The number of aromatic nitrogens is 1. The van der Waals surface area contributed by atoms with E-state index in [2.05, 4.69) is 16.4 Å². The van der Waals surface area contributed by atoms with Crippen molar-refractivity contribution in [2.24, 2.45) is 0 Å². The first kappa shape index (κ1) is 13.4. The van der Waals surface area contributed by atoms with Crippen LogP contribution in [0.4, 0.5) is 0 Å². The average Bonchev–Trinajstić information content (AvgIpc) is 3.11. The van der Waals surface area contributed by atoms with Crippen LogP contribution in [0, 0.1) is 18.3 Å². The molecule has 0 saturated heterocycles. The molecule has 0 atom stereocenters. The number of pyridine rings is 1. The van der Waals surface area contributed by atoms with E-state index in [1.54, 1.807) is 0 Å². The van der Waals surface area contributed by atoms with Crippen LogP contribution in [0.25, 0.3) is 0 Å². The number of nitriles is 1. The highest BCUT2D eigenvalue weighted by molar-refractivity contribution is 8.00. The van der Waals surface area contributed by atoms with Crippen molar-refractivity contribution in [1.82, 2.24) is 10.3 Å². The standard InChI is InChI=1S/C15H17N3OS/c1-9-11-3-2-4-13(11)18-15(12(9)7-16)20-8-14(19)17-10-5-6-10/h10H,2-6,8H2,1H3,(H,17,19). The molecule has 5 heteroatoms. The highest BCUT2D eigenvalue weighted by Gasteiger charge is 2.24. The number of hydrogen-bond acceptors (Lipinski definition) is 4. The van der Waals surface area contributed by atoms with Crippen LogP contribution in [-0.4, -0.2) is 22.7 Å². The van der Waals surface area contributed by atoms with Gasteiger partial charge in [0.25, 0.3) is 0 Å². The van der Waals surface area contributed by atoms with Crippen LogP contribution in [0.3, 0.4) is 0 Å². The Labute approximate surface area is 123 Å². The molecule has 1 aromatic heterocycles. The molecule has 0 spiro atoms. The van der Waals surface area contributed by atoms with Crippen LogP contribution in [0.1, 0.15) is 41.6 Å². The molecule has 1 N–H and O–H groups in total. The summed E-state index contributed by atoms with van der Waals surface area (Å²) in [5, 5.41) is 13.0. The SMILES string of the molecule is Cc1c(C#N)c(SCC(=O)NC2CC2)nc2c1CCC2. The summed E-state index contributed by atoms with van der Waals surface area (Å²) in [6.07, 6.45) is 5.32. The smallest absolute Gasteiger partial charge is 0.230 e. The summed E-state index contributed by atoms with van der Waals surface area (Å²) in [6.45, 7) is 2.00. The molecule has 1 saturated carbocycles. The molecule has 104 valence electrons. The van der Waals surface area contributed by atoms with Gasteiger partial charge in [-0.25, -0.2) is 4.98 Å². The lowest BCUT2D eigenvalue weighted by Crippen LogP contribution is -2.27. The Morgan fingerprint density at radius 1 is 1.50 bits per heavy atom. The highest BCUT2D eigenvalue weighted by Crippen LogP contribution is 2.31. The largest absolute Gasteiger partial charge is 0.353 e. The molecule has 0 aromatic carbocycles. The van der Waals surface area contributed by atoms with Gasteiger partial charge >= 0.3 is 0 Å². The molecule has 20 heavy (non-hydrogen) atoms. The molecule has 3 rings (SSSR count). The van der Waals surface area contributed by atoms with Gasteiger partial charge in [0.05, 0.1) is 11.3 Å². The van der Waals surface area contributed by atoms with E-state index in [1.165, 1.54) is 17.3 Å². The van der Waals surface area contributed by atoms with E-state index in [-0.39, 0.29) is 5.91 Å². The Kier molecular flexibility index (Phi) is 3.66. The molecule has 1 amide bonds. The molecular formula is C15H17N3OS. The van der Waals surface area contributed by atoms with Crippen molar-refractivity contribution in [3.8, 4) is 6.07 Å². The molecule has 2 aliphatic rings. The summed E-state index contributed by atoms with van der Waals surface area (Å²) in [5.74, 6) is 0.387. The van der Waals surface area contributed by atoms with Gasteiger partial charge in [-0.15, -0.1) is 0 Å². The minimum atomic E-state index is 0.0429. The van der Waals surface area contributed by atoms with E-state index >= 15 is 0 Å². The number of nitrogens with zero attached hydrogens (tertiary/aromatic N) is 2. The Morgan fingerprint density at radius 2 is 2.30 bits per heavy atom. The van der Waals surface area contributed by atoms with Crippen LogP contribution in [0.2, 0.25) is 0 Å². The Balaban J connectivity index is 1.76. The normalized spacial score (nSPS) is 16.6. The molecule has 0 unspecified atom stereocenters. The number of hydrogen-bond donors (Lipinski definition) is 1. The first-order chi connectivity index (χ1) is 9.69. The fourth-order valence-electron chi connectivity index (χ4n) is 2.61. The lowest BCUT2D eigenvalue weighted by atomic mass is 10.0. The summed E-state index contributed by atoms with van der Waals surface area (Å²) in [5.41, 5.74) is 4.06. The van der Waals surface area contributed by atoms with Crippen molar-refractivity contribution in [1.29, 1.82) is 5.26 Å². The number of rotatable bonds is 4. The molecule has 0 radical (unpaired) electrons. The number of nitrogens with one attached hydrogen (secondary N) is 1. The first-order valence-electron chi connectivity index (χ1n) is 7.03. The zero-order valence-electron chi connectivity index (χ0n) is 11.5. The van der Waals surface area contributed by atoms with Crippen molar-refractivity contribution in [3.63, 3.8) is 0 Å². The van der Waals surface area contributed by atoms with Crippen molar-refractivity contribution in [3.05, 3.63) is 22.4 Å². The Morgan fingerprint density at radius 3 is 3.00 bits per heavy atom. The van der Waals surface area contributed by atoms with E-state index in [1.807, 2.05) is 6.92 Å². The number of carbonyl (C=O) groups excluding carboxylic acids is 1. The van der Waals surface area contributed by atoms with Gasteiger partial charge in [0.2, 0.25) is 5.91 Å². The summed E-state index contributed by atoms with van der Waals surface area (Å²) >= 11 is 1.38. The molecule has 1 aromatic rings. The molecule has 2 aliphatic carbocycles. The fourth-order valence-corrected chi connectivity index (χ4v) is 3.48. The van der Waals surface area contributed by atoms with Gasteiger partial charge in [-0.05, 0) is 50.2 Å². The first-order valence-corrected chi connectivity index (χ1v) is 8.02. The second-order valence-corrected chi connectivity index (χ2v) is 6.40. The minimum Gasteiger partial charge on any atom is -0.353 e. The monoisotopic (exact) mass is 287 g/mol. The van der Waals surface area contributed by atoms with Gasteiger partial charge in [0, 0.05) is 11.7 Å². The Bertz CT molecular complexity index is 602. The lowest BCUT2D eigenvalue weighted by molar-refractivity contribution is -0.118. The number of thioether (sulfide) groups is 1. The fraction of sp³-hybridized carbons (Fsp3) is 0.533. The number of fused-ring (bicyclic) bond motifs is 1. The van der Waals surface area contributed by atoms with Gasteiger partial charge < -0.3 is 5.32 Å². The molecular weight excluding hydrogens is 270 g/mol. The second kappa shape index (κ2) is 5.45. The number of aryl methyl sites for hydroxylation is 1. The van der Waals surface area contributed by atoms with Crippen LogP contribution in [0.15, 0.2) is 5.03 Å². The Hall–Kier alpha value is -1.54. The third-order valence-electron chi connectivity index (χ3n) is 3.86. The van der Waals surface area contributed by atoms with Crippen molar-refractivity contribution >= 4 is 17.7 Å². The van der Waals surface area contributed by atoms with Crippen molar-refractivity contribution < 1.29 is 4.79 Å². The highest BCUT2D eigenvalue weighted by atomic mass is 32.2. The predicted molar refractivity (Wildman–Crippen MR) is 77.6 cm³/mol. The van der Waals surface area contributed by atoms with Crippen molar-refractivity contribution in [2.45, 2.75) is 50.1 Å². The van der Waals surface area contributed by atoms with Gasteiger partial charge in [-0.2, -0.15) is 5.26 Å². The molecule has 4 nitrogen and oxygen atoms in total. The summed E-state index contributed by atoms with van der Waals surface area (Å²) in [6, 6.07) is 2.64. The zero-order valence-corrected chi connectivity index (χ0v) is 12.3. The summed E-state index contributed by atoms with van der Waals surface area (Å²) in [7, 11) is 0. The van der Waals surface area contributed by atoms with Gasteiger partial charge in [-0.3, -0.25) is 4.79 Å². The van der Waals surface area contributed by atoms with Crippen LogP contribution >= 0.6 is 11.8 Å². The molecule has 1 fully saturated rings. The van der Waals surface area contributed by atoms with E-state index in [0.29, 0.717) is 17.4 Å². The molecule has 0 bridgehead atoms. The topological polar surface area (TPSA) is 65.8 Å². The quantitative estimate of drug-likeness (QED) is 0.861. The average molecular weight is 287 g/mol. The van der Waals surface area contributed by atoms with Gasteiger partial charge in [-0.1, -0.05) is 11.8 Å². The van der Waals surface area contributed by atoms with Crippen molar-refractivity contribution in [2.75, 3.05) is 5.75 Å². The van der Waals surface area contributed by atoms with E-state index in [4.69, 9.17) is 0 Å². The maximum Gasteiger partial charge on any atom is 0.230 e. The van der Waals surface area contributed by atoms with E-state index in [0.717, 1.165) is 48.4 Å². The zero-order chi connectivity index (χ0) is 14.1. The predicted octanol–water partition coefficient (Wildman–Crippen LogP) is 2.12. The summed E-state index contributed by atoms with van der Waals surface area (Å²) in [4.78, 5) is 16.4. The molecule has 0 aliphatic heterocycles. The maximum absolute atomic E-state index is 11.7. The number of carbonyl (C=O) groups is 1. The van der Waals surface area contributed by atoms with E-state index in [9.17, 15) is 10.1 Å². The van der Waals surface area contributed by atoms with Gasteiger partial charge in [0.1, 0.15) is 11.1 Å². The van der Waals surface area contributed by atoms with Gasteiger partial charge in [0.15, 0.2) is 0 Å². The maximum atomic E-state index is 11.7. The summed E-state index contributed by atoms with van der Waals surface area (Å²) < 4.78 is 0. The van der Waals surface area contributed by atoms with E-state index < -0.39 is 0 Å². The second-order valence-electron chi connectivity index (χ2n) is 5.44. The van der Waals surface area contributed by atoms with Crippen LogP contribution in [0.5, 0.6) is 0 Å². The number of amides is 1. The third kappa shape index (κ3) is 2.66. The third-order valence-corrected chi connectivity index (χ3v) is 4.84.